The molecule has 0 atom stereocenters. The van der Waals surface area contributed by atoms with Crippen molar-refractivity contribution >= 4 is 57.1 Å². The van der Waals surface area contributed by atoms with Crippen LogP contribution >= 0.6 is 34.8 Å². The van der Waals surface area contributed by atoms with E-state index in [1.807, 2.05) is 29.6 Å². The van der Waals surface area contributed by atoms with E-state index in [0.29, 0.717) is 33.0 Å². The second-order valence-corrected chi connectivity index (χ2v) is 8.00. The molecule has 3 aromatic rings. The summed E-state index contributed by atoms with van der Waals surface area (Å²) in [5, 5.41) is 19.2. The average molecular weight is 456 g/mol. The number of anilines is 2. The fourth-order valence-corrected chi connectivity index (χ4v) is 4.15. The van der Waals surface area contributed by atoms with Gasteiger partial charge < -0.3 is 20.5 Å². The lowest BCUT2D eigenvalue weighted by Gasteiger charge is -2.21. The maximum Gasteiger partial charge on any atom is 0.140 e. The van der Waals surface area contributed by atoms with Crippen molar-refractivity contribution in [3.05, 3.63) is 86.8 Å². The fourth-order valence-electron chi connectivity index (χ4n) is 3.57. The van der Waals surface area contributed by atoms with Crippen molar-refractivity contribution in [1.82, 2.24) is 15.3 Å². The van der Waals surface area contributed by atoms with Gasteiger partial charge in [0.25, 0.3) is 0 Å². The van der Waals surface area contributed by atoms with E-state index in [1.165, 1.54) is 0 Å². The molecule has 0 radical (unpaired) electrons. The van der Waals surface area contributed by atoms with Crippen molar-refractivity contribution in [1.29, 1.82) is 5.26 Å². The van der Waals surface area contributed by atoms with E-state index < -0.39 is 0 Å². The van der Waals surface area contributed by atoms with Crippen LogP contribution in [0.5, 0.6) is 0 Å². The van der Waals surface area contributed by atoms with Gasteiger partial charge in [-0.2, -0.15) is 5.26 Å². The molecular formula is C21H13Cl3N6. The van der Waals surface area contributed by atoms with Gasteiger partial charge in [0.1, 0.15) is 17.7 Å². The van der Waals surface area contributed by atoms with Crippen LogP contribution in [0.4, 0.5) is 11.5 Å². The van der Waals surface area contributed by atoms with Crippen molar-refractivity contribution in [3.8, 4) is 6.07 Å². The molecule has 0 aliphatic carbocycles. The van der Waals surface area contributed by atoms with Crippen molar-refractivity contribution in [2.45, 2.75) is 0 Å². The quantitative estimate of drug-likeness (QED) is 0.450. The number of allylic oxidation sites excluding steroid dienone is 1. The van der Waals surface area contributed by atoms with Gasteiger partial charge in [0.2, 0.25) is 0 Å². The van der Waals surface area contributed by atoms with E-state index in [9.17, 15) is 5.26 Å². The maximum absolute atomic E-state index is 9.57. The number of rotatable bonds is 3. The zero-order valence-corrected chi connectivity index (χ0v) is 17.6. The Bertz CT molecular complexity index is 1310. The van der Waals surface area contributed by atoms with Gasteiger partial charge in [-0.25, -0.2) is 4.98 Å². The number of dihydropyridines is 1. The molecule has 5 rings (SSSR count). The lowest BCUT2D eigenvalue weighted by Crippen LogP contribution is -2.24. The number of H-pyrrole nitrogens is 1. The summed E-state index contributed by atoms with van der Waals surface area (Å²) in [4.78, 5) is 9.53. The standard InChI is InChI=1S/C21H13Cl3N6/c22-17-3-13(4-18(23)19(17)24)30-9-15-12(5-25)7-28-21(16(15)10-30)29-20-14-8-26-6-11(14)1-2-27-20/h1-4,6-9,26,28H,10H2,(H,27,29). The van der Waals surface area contributed by atoms with Gasteiger partial charge in [-0.3, -0.25) is 0 Å². The van der Waals surface area contributed by atoms with Crippen LogP contribution in [0.3, 0.4) is 0 Å². The molecule has 30 heavy (non-hydrogen) atoms. The average Bonchev–Trinajstić information content (AvgIpc) is 3.40. The highest BCUT2D eigenvalue weighted by Gasteiger charge is 2.29. The van der Waals surface area contributed by atoms with Crippen molar-refractivity contribution < 1.29 is 0 Å². The van der Waals surface area contributed by atoms with Crippen molar-refractivity contribution in [2.24, 2.45) is 0 Å². The van der Waals surface area contributed by atoms with Gasteiger partial charge in [0, 0.05) is 58.6 Å². The number of nitrogens with one attached hydrogen (secondary N) is 3. The van der Waals surface area contributed by atoms with E-state index >= 15 is 0 Å². The third kappa shape index (κ3) is 3.08. The molecular weight excluding hydrogens is 443 g/mol. The van der Waals surface area contributed by atoms with Crippen LogP contribution in [-0.2, 0) is 0 Å². The zero-order valence-electron chi connectivity index (χ0n) is 15.3. The largest absolute Gasteiger partial charge is 0.366 e. The van der Waals surface area contributed by atoms with Crippen LogP contribution in [0, 0.1) is 11.3 Å². The van der Waals surface area contributed by atoms with E-state index in [0.717, 1.165) is 33.4 Å². The molecule has 0 bridgehead atoms. The Balaban J connectivity index is 1.55. The number of hydrogen-bond acceptors (Lipinski definition) is 5. The predicted molar refractivity (Wildman–Crippen MR) is 120 cm³/mol. The third-order valence-electron chi connectivity index (χ3n) is 5.05. The van der Waals surface area contributed by atoms with E-state index in [4.69, 9.17) is 34.8 Å². The zero-order chi connectivity index (χ0) is 20.8. The Labute approximate surface area is 187 Å². The fraction of sp³-hybridized carbons (Fsp3) is 0.0476. The van der Waals surface area contributed by atoms with Gasteiger partial charge in [-0.15, -0.1) is 0 Å². The Kier molecular flexibility index (Phi) is 4.59. The predicted octanol–water partition coefficient (Wildman–Crippen LogP) is 5.56. The first kappa shape index (κ1) is 18.9. The lowest BCUT2D eigenvalue weighted by molar-refractivity contribution is 0.971. The van der Waals surface area contributed by atoms with Gasteiger partial charge in [0.15, 0.2) is 0 Å². The second kappa shape index (κ2) is 7.29. The summed E-state index contributed by atoms with van der Waals surface area (Å²) in [5.74, 6) is 1.48. The first-order chi connectivity index (χ1) is 14.5. The first-order valence-electron chi connectivity index (χ1n) is 8.97. The van der Waals surface area contributed by atoms with Crippen molar-refractivity contribution in [3.63, 3.8) is 0 Å². The summed E-state index contributed by atoms with van der Waals surface area (Å²) in [6.07, 6.45) is 9.15. The number of benzene rings is 1. The smallest absolute Gasteiger partial charge is 0.140 e. The Hall–Kier alpha value is -3.11. The van der Waals surface area contributed by atoms with Gasteiger partial charge in [0.05, 0.1) is 27.2 Å². The summed E-state index contributed by atoms with van der Waals surface area (Å²) >= 11 is 18.5. The van der Waals surface area contributed by atoms with Crippen LogP contribution < -0.4 is 15.5 Å². The minimum atomic E-state index is 0.317. The number of nitriles is 1. The molecule has 3 N–H and O–H groups in total. The number of aromatic amines is 1. The molecule has 0 spiro atoms. The molecule has 0 unspecified atom stereocenters. The van der Waals surface area contributed by atoms with E-state index in [-0.39, 0.29) is 0 Å². The van der Waals surface area contributed by atoms with Gasteiger partial charge in [-0.05, 0) is 18.2 Å². The molecule has 0 fully saturated rings. The summed E-state index contributed by atoms with van der Waals surface area (Å²) < 4.78 is 0. The normalized spacial score (nSPS) is 15.5. The summed E-state index contributed by atoms with van der Waals surface area (Å²) in [5.41, 5.74) is 3.08. The molecule has 0 amide bonds. The summed E-state index contributed by atoms with van der Waals surface area (Å²) in [6.45, 7) is 0.515. The summed E-state index contributed by atoms with van der Waals surface area (Å²) in [7, 11) is 0. The number of halogens is 3. The van der Waals surface area contributed by atoms with E-state index in [1.54, 1.807) is 24.5 Å². The maximum atomic E-state index is 9.57. The monoisotopic (exact) mass is 454 g/mol. The number of pyridine rings is 1. The van der Waals surface area contributed by atoms with Gasteiger partial charge >= 0.3 is 0 Å². The van der Waals surface area contributed by atoms with Gasteiger partial charge in [-0.1, -0.05) is 34.8 Å². The van der Waals surface area contributed by atoms with Crippen LogP contribution in [0.25, 0.3) is 10.8 Å². The molecule has 1 aromatic carbocycles. The number of aromatic nitrogens is 2. The molecule has 2 aliphatic rings. The third-order valence-corrected chi connectivity index (χ3v) is 6.24. The second-order valence-electron chi connectivity index (χ2n) is 6.80. The lowest BCUT2D eigenvalue weighted by atomic mass is 10.00. The number of nitrogens with zero attached hydrogens (tertiary/aromatic N) is 3. The highest BCUT2D eigenvalue weighted by molar-refractivity contribution is 6.48. The molecule has 2 aromatic heterocycles. The van der Waals surface area contributed by atoms with Crippen LogP contribution in [-0.4, -0.2) is 16.5 Å². The Morgan fingerprint density at radius 2 is 1.97 bits per heavy atom. The van der Waals surface area contributed by atoms with E-state index in [2.05, 4.69) is 26.7 Å². The minimum absolute atomic E-state index is 0.317. The number of hydrogen-bond donors (Lipinski definition) is 3. The van der Waals surface area contributed by atoms with Crippen molar-refractivity contribution in [2.75, 3.05) is 16.8 Å². The van der Waals surface area contributed by atoms with Crippen LogP contribution in [0.1, 0.15) is 0 Å². The molecule has 9 heteroatoms. The molecule has 4 heterocycles. The first-order valence-corrected chi connectivity index (χ1v) is 10.1. The SMILES string of the molecule is N#CC1=CNC(Nc2nccc3c[nH]cc23)=C2CN(c3cc(Cl)c(Cl)c(Cl)c3)C=C12. The highest BCUT2D eigenvalue weighted by Crippen LogP contribution is 2.39. The molecule has 2 aliphatic heterocycles. The molecule has 0 saturated heterocycles. The Morgan fingerprint density at radius 3 is 2.73 bits per heavy atom. The van der Waals surface area contributed by atoms with Crippen LogP contribution in [0.15, 0.2) is 71.7 Å². The summed E-state index contributed by atoms with van der Waals surface area (Å²) in [6, 6.07) is 7.68. The number of fused-ring (bicyclic) bond motifs is 2. The highest BCUT2D eigenvalue weighted by atomic mass is 35.5. The Morgan fingerprint density at radius 1 is 1.17 bits per heavy atom. The molecule has 6 nitrogen and oxygen atoms in total. The van der Waals surface area contributed by atoms with Crippen LogP contribution in [0.2, 0.25) is 15.1 Å². The topological polar surface area (TPSA) is 79.8 Å². The molecule has 0 saturated carbocycles. The molecule has 148 valence electrons. The minimum Gasteiger partial charge on any atom is -0.366 e.